The first kappa shape index (κ1) is 26.2. The summed E-state index contributed by atoms with van der Waals surface area (Å²) in [6, 6.07) is 7.99. The van der Waals surface area contributed by atoms with Gasteiger partial charge in [-0.15, -0.1) is 0 Å². The van der Waals surface area contributed by atoms with E-state index in [0.29, 0.717) is 36.5 Å². The second kappa shape index (κ2) is 9.90. The molecule has 1 atom stereocenters. The number of hydrogen-bond acceptors (Lipinski definition) is 8. The summed E-state index contributed by atoms with van der Waals surface area (Å²) in [6.07, 6.45) is 4.68. The lowest BCUT2D eigenvalue weighted by molar-refractivity contribution is 0.0218. The van der Waals surface area contributed by atoms with E-state index < -0.39 is 11.2 Å². The molecule has 4 rings (SSSR count). The molecule has 37 heavy (non-hydrogen) atoms. The molecule has 1 amide bonds. The van der Waals surface area contributed by atoms with Crippen LogP contribution in [0.15, 0.2) is 36.8 Å². The van der Waals surface area contributed by atoms with Gasteiger partial charge in [0, 0.05) is 43.0 Å². The van der Waals surface area contributed by atoms with E-state index in [-0.39, 0.29) is 18.7 Å². The number of hydrogen-bond donors (Lipinski definition) is 1. The summed E-state index contributed by atoms with van der Waals surface area (Å²) in [5, 5.41) is 24.0. The quantitative estimate of drug-likeness (QED) is 0.555. The third-order valence-electron chi connectivity index (χ3n) is 5.93. The first-order valence-electron chi connectivity index (χ1n) is 12.3. The number of anilines is 1. The third kappa shape index (κ3) is 6.12. The molecule has 10 nitrogen and oxygen atoms in total. The molecule has 4 heterocycles. The molecule has 0 aliphatic carbocycles. The number of carbonyl (C=O) groups excluding carboxylic acids is 1. The lowest BCUT2D eigenvalue weighted by Crippen LogP contribution is -2.54. The molecular formula is C27H34N6O4. The molecule has 0 aromatic carbocycles. The van der Waals surface area contributed by atoms with Crippen LogP contribution in [0.3, 0.4) is 0 Å². The van der Waals surface area contributed by atoms with Gasteiger partial charge in [0.2, 0.25) is 0 Å². The van der Waals surface area contributed by atoms with E-state index in [2.05, 4.69) is 23.0 Å². The monoisotopic (exact) mass is 506 g/mol. The van der Waals surface area contributed by atoms with Crippen molar-refractivity contribution in [3.8, 4) is 22.9 Å². The van der Waals surface area contributed by atoms with E-state index in [1.54, 1.807) is 35.7 Å². The highest BCUT2D eigenvalue weighted by molar-refractivity contribution is 5.85. The fraction of sp³-hybridized carbons (Fsp3) is 0.481. The number of nitriles is 1. The predicted molar refractivity (Wildman–Crippen MR) is 140 cm³/mol. The van der Waals surface area contributed by atoms with Gasteiger partial charge in [0.25, 0.3) is 0 Å². The summed E-state index contributed by atoms with van der Waals surface area (Å²) in [6.45, 7) is 12.8. The van der Waals surface area contributed by atoms with Crippen LogP contribution >= 0.6 is 0 Å². The Morgan fingerprint density at radius 1 is 1.22 bits per heavy atom. The van der Waals surface area contributed by atoms with Gasteiger partial charge in [-0.2, -0.15) is 10.4 Å². The Labute approximate surface area is 217 Å². The molecule has 0 radical (unpaired) electrons. The Hall–Kier alpha value is -3.84. The van der Waals surface area contributed by atoms with Crippen molar-refractivity contribution in [1.29, 1.82) is 5.26 Å². The maximum absolute atomic E-state index is 12.5. The molecule has 1 saturated heterocycles. The van der Waals surface area contributed by atoms with Crippen LogP contribution in [-0.2, 0) is 4.74 Å². The van der Waals surface area contributed by atoms with E-state index >= 15 is 0 Å². The second-order valence-corrected chi connectivity index (χ2v) is 11.0. The van der Waals surface area contributed by atoms with Gasteiger partial charge >= 0.3 is 6.09 Å². The molecule has 3 aromatic rings. The van der Waals surface area contributed by atoms with Crippen LogP contribution in [0.1, 0.15) is 47.1 Å². The zero-order chi connectivity index (χ0) is 27.0. The normalized spacial score (nSPS) is 16.5. The van der Waals surface area contributed by atoms with Crippen molar-refractivity contribution in [2.45, 2.75) is 58.8 Å². The fourth-order valence-corrected chi connectivity index (χ4v) is 4.24. The molecule has 1 aliphatic rings. The molecule has 0 saturated carbocycles. The Morgan fingerprint density at radius 3 is 2.57 bits per heavy atom. The maximum atomic E-state index is 12.5. The first-order valence-corrected chi connectivity index (χ1v) is 12.3. The van der Waals surface area contributed by atoms with Crippen molar-refractivity contribution in [1.82, 2.24) is 19.5 Å². The summed E-state index contributed by atoms with van der Waals surface area (Å²) < 4.78 is 12.9. The average molecular weight is 507 g/mol. The summed E-state index contributed by atoms with van der Waals surface area (Å²) in [5.41, 5.74) is 1.14. The van der Waals surface area contributed by atoms with Gasteiger partial charge in [-0.1, -0.05) is 0 Å². The minimum atomic E-state index is -0.996. The number of nitrogens with zero attached hydrogens (tertiary/aromatic N) is 6. The van der Waals surface area contributed by atoms with Gasteiger partial charge in [-0.25, -0.2) is 14.3 Å². The molecule has 1 fully saturated rings. The Balaban J connectivity index is 1.57. The van der Waals surface area contributed by atoms with Crippen LogP contribution < -0.4 is 9.64 Å². The standard InChI is InChI=1S/C27H34N6O4/c1-18-15-31(25(34)37-26(2,3)4)9-10-32(18)23-8-7-19(13-29-23)22-11-21(36-17-27(5,6)35)16-33-24(22)20(12-28)14-30-33/h7-8,11,13-14,16,18,35H,9-10,15,17H2,1-6H3/t18-/m1/s1. The zero-order valence-corrected chi connectivity index (χ0v) is 22.2. The SMILES string of the molecule is C[C@@H]1CN(C(=O)OC(C)(C)C)CCN1c1ccc(-c2cc(OCC(C)(C)O)cn3ncc(C#N)c23)cn1. The Morgan fingerprint density at radius 2 is 1.97 bits per heavy atom. The molecule has 1 N–H and O–H groups in total. The van der Waals surface area contributed by atoms with Crippen molar-refractivity contribution < 1.29 is 19.4 Å². The highest BCUT2D eigenvalue weighted by Crippen LogP contribution is 2.32. The number of aromatic nitrogens is 3. The molecule has 1 aliphatic heterocycles. The van der Waals surface area contributed by atoms with Crippen molar-refractivity contribution >= 4 is 17.4 Å². The van der Waals surface area contributed by atoms with E-state index in [1.165, 1.54) is 6.20 Å². The third-order valence-corrected chi connectivity index (χ3v) is 5.93. The molecule has 3 aromatic heterocycles. The number of piperazine rings is 1. The van der Waals surface area contributed by atoms with Gasteiger partial charge in [-0.05, 0) is 59.7 Å². The fourth-order valence-electron chi connectivity index (χ4n) is 4.24. The second-order valence-electron chi connectivity index (χ2n) is 11.0. The zero-order valence-electron chi connectivity index (χ0n) is 22.2. The number of aliphatic hydroxyl groups is 1. The van der Waals surface area contributed by atoms with E-state index in [4.69, 9.17) is 14.5 Å². The Bertz CT molecular complexity index is 1310. The van der Waals surface area contributed by atoms with Crippen molar-refractivity contribution in [3.05, 3.63) is 42.4 Å². The van der Waals surface area contributed by atoms with Crippen LogP contribution in [0.4, 0.5) is 10.6 Å². The topological polar surface area (TPSA) is 116 Å². The van der Waals surface area contributed by atoms with E-state index in [1.807, 2.05) is 39.0 Å². The molecule has 0 unspecified atom stereocenters. The van der Waals surface area contributed by atoms with Crippen LogP contribution in [-0.4, -0.2) is 74.2 Å². The minimum absolute atomic E-state index is 0.0601. The van der Waals surface area contributed by atoms with Gasteiger partial charge in [0.1, 0.15) is 29.8 Å². The van der Waals surface area contributed by atoms with Crippen LogP contribution in [0.5, 0.6) is 5.75 Å². The van der Waals surface area contributed by atoms with E-state index in [9.17, 15) is 15.2 Å². The minimum Gasteiger partial charge on any atom is -0.489 e. The molecule has 0 spiro atoms. The number of fused-ring (bicyclic) bond motifs is 1. The smallest absolute Gasteiger partial charge is 0.410 e. The predicted octanol–water partition coefficient (Wildman–Crippen LogP) is 3.86. The van der Waals surface area contributed by atoms with Crippen molar-refractivity contribution in [3.63, 3.8) is 0 Å². The van der Waals surface area contributed by atoms with Gasteiger partial charge in [0.05, 0.1) is 29.1 Å². The molecule has 10 heteroatoms. The number of carbonyl (C=O) groups is 1. The van der Waals surface area contributed by atoms with Gasteiger partial charge < -0.3 is 24.4 Å². The van der Waals surface area contributed by atoms with Crippen molar-refractivity contribution in [2.24, 2.45) is 0 Å². The summed E-state index contributed by atoms with van der Waals surface area (Å²) in [7, 11) is 0. The van der Waals surface area contributed by atoms with Crippen LogP contribution in [0.25, 0.3) is 16.6 Å². The average Bonchev–Trinajstić information content (AvgIpc) is 3.24. The summed E-state index contributed by atoms with van der Waals surface area (Å²) in [5.74, 6) is 1.33. The largest absolute Gasteiger partial charge is 0.489 e. The molecular weight excluding hydrogens is 472 g/mol. The highest BCUT2D eigenvalue weighted by atomic mass is 16.6. The highest BCUT2D eigenvalue weighted by Gasteiger charge is 2.30. The number of amides is 1. The Kier molecular flexibility index (Phi) is 7.02. The number of rotatable bonds is 5. The summed E-state index contributed by atoms with van der Waals surface area (Å²) >= 11 is 0. The number of pyridine rings is 2. The van der Waals surface area contributed by atoms with Gasteiger partial charge in [0.15, 0.2) is 0 Å². The van der Waals surface area contributed by atoms with Crippen LogP contribution in [0, 0.1) is 11.3 Å². The van der Waals surface area contributed by atoms with Crippen LogP contribution in [0.2, 0.25) is 0 Å². The van der Waals surface area contributed by atoms with Crippen molar-refractivity contribution in [2.75, 3.05) is 31.1 Å². The molecule has 196 valence electrons. The van der Waals surface area contributed by atoms with Gasteiger partial charge in [-0.3, -0.25) is 0 Å². The molecule has 0 bridgehead atoms. The number of ether oxygens (including phenoxy) is 2. The maximum Gasteiger partial charge on any atom is 0.410 e. The first-order chi connectivity index (χ1) is 17.3. The summed E-state index contributed by atoms with van der Waals surface area (Å²) in [4.78, 5) is 21.1. The lowest BCUT2D eigenvalue weighted by atomic mass is 10.0. The lowest BCUT2D eigenvalue weighted by Gasteiger charge is -2.40. The van der Waals surface area contributed by atoms with E-state index in [0.717, 1.165) is 16.9 Å².